The maximum Gasteiger partial charge on any atom is 0.162 e. The molecule has 132 valence electrons. The molecule has 0 radical (unpaired) electrons. The molecule has 0 bridgehead atoms. The van der Waals surface area contributed by atoms with Gasteiger partial charge in [-0.1, -0.05) is 61.4 Å². The first-order chi connectivity index (χ1) is 12.6. The van der Waals surface area contributed by atoms with Gasteiger partial charge in [0.15, 0.2) is 5.69 Å². The first-order valence-corrected chi connectivity index (χ1v) is 9.22. The molecule has 0 saturated carbocycles. The second kappa shape index (κ2) is 7.58. The number of rotatable bonds is 5. The maximum absolute atomic E-state index is 9.71. The zero-order valence-electron chi connectivity index (χ0n) is 16.0. The largest absolute Gasteiger partial charge is 0.295 e. The lowest BCUT2D eigenvalue weighted by molar-refractivity contribution is 0.757. The van der Waals surface area contributed by atoms with Crippen molar-refractivity contribution in [3.63, 3.8) is 0 Å². The van der Waals surface area contributed by atoms with Gasteiger partial charge in [-0.05, 0) is 44.7 Å². The molecule has 0 aliphatic heterocycles. The third-order valence-electron chi connectivity index (χ3n) is 4.74. The van der Waals surface area contributed by atoms with Crippen LogP contribution in [0.5, 0.6) is 0 Å². The summed E-state index contributed by atoms with van der Waals surface area (Å²) in [6, 6.07) is 16.9. The maximum atomic E-state index is 9.71. The van der Waals surface area contributed by atoms with Crippen molar-refractivity contribution in [3.05, 3.63) is 70.5 Å². The summed E-state index contributed by atoms with van der Waals surface area (Å²) in [6.07, 6.45) is 2.98. The predicted molar refractivity (Wildman–Crippen MR) is 107 cm³/mol. The van der Waals surface area contributed by atoms with Crippen molar-refractivity contribution in [3.8, 4) is 23.1 Å². The first-order valence-electron chi connectivity index (χ1n) is 9.22. The highest BCUT2D eigenvalue weighted by Gasteiger charge is 2.21. The van der Waals surface area contributed by atoms with Crippen LogP contribution < -0.4 is 0 Å². The lowest BCUT2D eigenvalue weighted by atomic mass is 10.0. The van der Waals surface area contributed by atoms with Gasteiger partial charge >= 0.3 is 0 Å². The van der Waals surface area contributed by atoms with Gasteiger partial charge < -0.3 is 0 Å². The molecule has 0 N–H and O–H groups in total. The van der Waals surface area contributed by atoms with E-state index < -0.39 is 0 Å². The second-order valence-corrected chi connectivity index (χ2v) is 6.89. The van der Waals surface area contributed by atoms with Crippen molar-refractivity contribution >= 4 is 0 Å². The standard InChI is InChI=1S/C23H25N3/c1-5-6-12-21-20(15-24)25-23(19-10-8-7-9-11-19)26(21)22-17(3)13-16(2)14-18(22)4/h7-11,13-14H,5-6,12H2,1-4H3. The molecule has 0 saturated heterocycles. The van der Waals surface area contributed by atoms with Crippen LogP contribution >= 0.6 is 0 Å². The number of hydrogen-bond donors (Lipinski definition) is 0. The summed E-state index contributed by atoms with van der Waals surface area (Å²) >= 11 is 0. The van der Waals surface area contributed by atoms with E-state index in [1.165, 1.54) is 16.7 Å². The Morgan fingerprint density at radius 2 is 1.69 bits per heavy atom. The lowest BCUT2D eigenvalue weighted by Crippen LogP contribution is -2.08. The molecular formula is C23H25N3. The summed E-state index contributed by atoms with van der Waals surface area (Å²) in [7, 11) is 0. The number of nitriles is 1. The van der Waals surface area contributed by atoms with Gasteiger partial charge in [0.25, 0.3) is 0 Å². The van der Waals surface area contributed by atoms with Crippen LogP contribution in [0.2, 0.25) is 0 Å². The Hall–Kier alpha value is -2.86. The molecule has 3 aromatic rings. The summed E-state index contributed by atoms with van der Waals surface area (Å²) in [4.78, 5) is 4.73. The molecule has 26 heavy (non-hydrogen) atoms. The van der Waals surface area contributed by atoms with E-state index in [1.807, 2.05) is 18.2 Å². The van der Waals surface area contributed by atoms with E-state index >= 15 is 0 Å². The van der Waals surface area contributed by atoms with Crippen LogP contribution in [0.3, 0.4) is 0 Å². The van der Waals surface area contributed by atoms with Gasteiger partial charge in [-0.25, -0.2) is 4.98 Å². The summed E-state index contributed by atoms with van der Waals surface area (Å²) in [5.74, 6) is 0.850. The smallest absolute Gasteiger partial charge is 0.162 e. The molecule has 0 aliphatic carbocycles. The fourth-order valence-corrected chi connectivity index (χ4v) is 3.66. The van der Waals surface area contributed by atoms with Crippen LogP contribution in [0.15, 0.2) is 42.5 Å². The zero-order chi connectivity index (χ0) is 18.7. The van der Waals surface area contributed by atoms with E-state index in [9.17, 15) is 5.26 Å². The molecule has 0 unspecified atom stereocenters. The van der Waals surface area contributed by atoms with Gasteiger partial charge in [-0.2, -0.15) is 5.26 Å². The van der Waals surface area contributed by atoms with Crippen LogP contribution in [0.1, 0.15) is 47.8 Å². The third kappa shape index (κ3) is 3.28. The minimum atomic E-state index is 0.539. The minimum absolute atomic E-state index is 0.539. The molecule has 0 spiro atoms. The van der Waals surface area contributed by atoms with Crippen molar-refractivity contribution in [1.82, 2.24) is 9.55 Å². The van der Waals surface area contributed by atoms with E-state index in [0.717, 1.165) is 42.0 Å². The number of aryl methyl sites for hydroxylation is 3. The molecule has 3 rings (SSSR count). The normalized spacial score (nSPS) is 10.7. The van der Waals surface area contributed by atoms with Gasteiger partial charge in [-0.3, -0.25) is 4.57 Å². The number of imidazole rings is 1. The average molecular weight is 343 g/mol. The first kappa shape index (κ1) is 17.9. The molecule has 3 heteroatoms. The Morgan fingerprint density at radius 1 is 1.04 bits per heavy atom. The van der Waals surface area contributed by atoms with E-state index in [2.05, 4.69) is 62.6 Å². The van der Waals surface area contributed by atoms with Gasteiger partial charge in [0, 0.05) is 5.56 Å². The van der Waals surface area contributed by atoms with Gasteiger partial charge in [0.2, 0.25) is 0 Å². The van der Waals surface area contributed by atoms with E-state index in [-0.39, 0.29) is 0 Å². The van der Waals surface area contributed by atoms with Crippen LogP contribution in [-0.2, 0) is 6.42 Å². The Bertz CT molecular complexity index is 936. The van der Waals surface area contributed by atoms with E-state index in [1.54, 1.807) is 0 Å². The second-order valence-electron chi connectivity index (χ2n) is 6.89. The van der Waals surface area contributed by atoms with E-state index in [4.69, 9.17) is 4.98 Å². The summed E-state index contributed by atoms with van der Waals surface area (Å²) < 4.78 is 2.22. The number of nitrogens with zero attached hydrogens (tertiary/aromatic N) is 3. The van der Waals surface area contributed by atoms with Gasteiger partial charge in [0.05, 0.1) is 11.4 Å². The van der Waals surface area contributed by atoms with Crippen molar-refractivity contribution in [2.45, 2.75) is 47.0 Å². The number of hydrogen-bond acceptors (Lipinski definition) is 2. The summed E-state index contributed by atoms with van der Waals surface area (Å²) in [5, 5.41) is 9.71. The van der Waals surface area contributed by atoms with Gasteiger partial charge in [0.1, 0.15) is 11.9 Å². The van der Waals surface area contributed by atoms with Gasteiger partial charge in [-0.15, -0.1) is 0 Å². The highest BCUT2D eigenvalue weighted by Crippen LogP contribution is 2.31. The number of benzene rings is 2. The fraction of sp³-hybridized carbons (Fsp3) is 0.304. The average Bonchev–Trinajstić information content (AvgIpc) is 2.98. The summed E-state index contributed by atoms with van der Waals surface area (Å²) in [6.45, 7) is 8.57. The molecule has 0 aliphatic rings. The molecule has 0 amide bonds. The minimum Gasteiger partial charge on any atom is -0.295 e. The Balaban J connectivity index is 2.35. The van der Waals surface area contributed by atoms with Crippen molar-refractivity contribution < 1.29 is 0 Å². The highest BCUT2D eigenvalue weighted by atomic mass is 15.1. The lowest BCUT2D eigenvalue weighted by Gasteiger charge is -2.18. The monoisotopic (exact) mass is 343 g/mol. The van der Waals surface area contributed by atoms with Crippen LogP contribution in [0.25, 0.3) is 17.1 Å². The predicted octanol–water partition coefficient (Wildman–Crippen LogP) is 5.68. The molecule has 0 fully saturated rings. The molecular weight excluding hydrogens is 318 g/mol. The molecule has 3 nitrogen and oxygen atoms in total. The molecule has 2 aromatic carbocycles. The topological polar surface area (TPSA) is 41.6 Å². The van der Waals surface area contributed by atoms with Crippen molar-refractivity contribution in [2.75, 3.05) is 0 Å². The zero-order valence-corrected chi connectivity index (χ0v) is 16.0. The molecule has 1 aromatic heterocycles. The van der Waals surface area contributed by atoms with Crippen molar-refractivity contribution in [1.29, 1.82) is 5.26 Å². The van der Waals surface area contributed by atoms with Crippen molar-refractivity contribution in [2.24, 2.45) is 0 Å². The summed E-state index contributed by atoms with van der Waals surface area (Å²) in [5.41, 5.74) is 7.40. The SMILES string of the molecule is CCCCc1c(C#N)nc(-c2ccccc2)n1-c1c(C)cc(C)cc1C. The van der Waals surface area contributed by atoms with E-state index in [0.29, 0.717) is 5.69 Å². The molecule has 1 heterocycles. The van der Waals surface area contributed by atoms with Crippen LogP contribution in [0, 0.1) is 32.1 Å². The number of aromatic nitrogens is 2. The quantitative estimate of drug-likeness (QED) is 0.598. The molecule has 0 atom stereocenters. The third-order valence-corrected chi connectivity index (χ3v) is 4.74. The highest BCUT2D eigenvalue weighted by molar-refractivity contribution is 5.64. The Morgan fingerprint density at radius 3 is 2.27 bits per heavy atom. The Labute approximate surface area is 155 Å². The number of unbranched alkanes of at least 4 members (excludes halogenated alkanes) is 1. The van der Waals surface area contributed by atoms with Crippen LogP contribution in [-0.4, -0.2) is 9.55 Å². The Kier molecular flexibility index (Phi) is 5.23. The fourth-order valence-electron chi connectivity index (χ4n) is 3.66. The van der Waals surface area contributed by atoms with Crippen LogP contribution in [0.4, 0.5) is 0 Å².